The van der Waals surface area contributed by atoms with Crippen molar-refractivity contribution in [1.29, 1.82) is 0 Å². The summed E-state index contributed by atoms with van der Waals surface area (Å²) < 4.78 is 5.81. The fourth-order valence-corrected chi connectivity index (χ4v) is 4.83. The number of morpholine rings is 1. The molecule has 1 heterocycles. The maximum absolute atomic E-state index is 13.9. The SMILES string of the molecule is O=C(O)CN(Cc1ccc(Cl)c(Cl)c1)C(=O)[C@H]1OCC(=O)N(Cc2cccc(Cl)c2)[C@@H]1c1ccccc1. The van der Waals surface area contributed by atoms with Crippen molar-refractivity contribution in [2.45, 2.75) is 25.2 Å². The molecule has 0 spiro atoms. The van der Waals surface area contributed by atoms with E-state index in [1.807, 2.05) is 12.1 Å². The molecule has 0 bridgehead atoms. The third-order valence-corrected chi connectivity index (χ3v) is 6.93. The number of carboxylic acid groups (broad SMARTS) is 1. The predicted molar refractivity (Wildman–Crippen MR) is 140 cm³/mol. The van der Waals surface area contributed by atoms with Crippen LogP contribution in [0.3, 0.4) is 0 Å². The molecule has 3 aromatic carbocycles. The fourth-order valence-electron chi connectivity index (χ4n) is 4.30. The zero-order valence-corrected chi connectivity index (χ0v) is 21.8. The third kappa shape index (κ3) is 6.62. The molecule has 0 unspecified atom stereocenters. The summed E-state index contributed by atoms with van der Waals surface area (Å²) in [6, 6.07) is 20.2. The molecule has 37 heavy (non-hydrogen) atoms. The van der Waals surface area contributed by atoms with E-state index < -0.39 is 30.6 Å². The van der Waals surface area contributed by atoms with Crippen LogP contribution in [0, 0.1) is 0 Å². The average Bonchev–Trinajstić information content (AvgIpc) is 2.87. The van der Waals surface area contributed by atoms with Crippen molar-refractivity contribution in [3.8, 4) is 0 Å². The molecular weight excluding hydrogens is 539 g/mol. The number of benzene rings is 3. The minimum absolute atomic E-state index is 0.0361. The van der Waals surface area contributed by atoms with Crippen LogP contribution in [0.1, 0.15) is 22.7 Å². The van der Waals surface area contributed by atoms with E-state index in [-0.39, 0.29) is 30.6 Å². The normalized spacial score (nSPS) is 17.5. The minimum atomic E-state index is -1.19. The monoisotopic (exact) mass is 560 g/mol. The summed E-state index contributed by atoms with van der Waals surface area (Å²) in [5, 5.41) is 10.7. The molecule has 4 rings (SSSR count). The maximum atomic E-state index is 13.9. The Morgan fingerprint density at radius 3 is 2.38 bits per heavy atom. The van der Waals surface area contributed by atoms with E-state index in [2.05, 4.69) is 0 Å². The van der Waals surface area contributed by atoms with Crippen molar-refractivity contribution in [3.05, 3.63) is 105 Å². The Bertz CT molecular complexity index is 1300. The van der Waals surface area contributed by atoms with Gasteiger partial charge in [0.05, 0.1) is 16.1 Å². The number of carbonyl (C=O) groups is 3. The van der Waals surface area contributed by atoms with Crippen LogP contribution in [0.15, 0.2) is 72.8 Å². The molecule has 2 atom stereocenters. The molecule has 10 heteroatoms. The highest BCUT2D eigenvalue weighted by molar-refractivity contribution is 6.42. The van der Waals surface area contributed by atoms with Crippen LogP contribution in [0.2, 0.25) is 15.1 Å². The lowest BCUT2D eigenvalue weighted by Crippen LogP contribution is -2.55. The second-order valence-corrected chi connectivity index (χ2v) is 9.83. The average molecular weight is 562 g/mol. The van der Waals surface area contributed by atoms with E-state index >= 15 is 0 Å². The van der Waals surface area contributed by atoms with Crippen molar-refractivity contribution in [2.24, 2.45) is 0 Å². The topological polar surface area (TPSA) is 87.1 Å². The molecular formula is C27H23Cl3N2O5. The number of aliphatic carboxylic acids is 1. The van der Waals surface area contributed by atoms with E-state index in [4.69, 9.17) is 39.5 Å². The first-order valence-corrected chi connectivity index (χ1v) is 12.5. The number of nitrogens with zero attached hydrogens (tertiary/aromatic N) is 2. The van der Waals surface area contributed by atoms with Crippen LogP contribution in [-0.2, 0) is 32.2 Å². The van der Waals surface area contributed by atoms with Gasteiger partial charge in [0, 0.05) is 18.1 Å². The lowest BCUT2D eigenvalue weighted by atomic mass is 9.95. The summed E-state index contributed by atoms with van der Waals surface area (Å²) in [6.45, 7) is -0.736. The highest BCUT2D eigenvalue weighted by Crippen LogP contribution is 2.33. The lowest BCUT2D eigenvalue weighted by molar-refractivity contribution is -0.172. The number of carboxylic acids is 1. The number of hydrogen-bond donors (Lipinski definition) is 1. The van der Waals surface area contributed by atoms with E-state index in [1.165, 1.54) is 4.90 Å². The van der Waals surface area contributed by atoms with Gasteiger partial charge >= 0.3 is 5.97 Å². The first-order valence-electron chi connectivity index (χ1n) is 11.4. The quantitative estimate of drug-likeness (QED) is 0.407. The zero-order valence-electron chi connectivity index (χ0n) is 19.5. The maximum Gasteiger partial charge on any atom is 0.323 e. The fraction of sp³-hybridized carbons (Fsp3) is 0.222. The third-order valence-electron chi connectivity index (χ3n) is 5.95. The number of amides is 2. The Hall–Kier alpha value is -3.10. The summed E-state index contributed by atoms with van der Waals surface area (Å²) in [7, 11) is 0. The second kappa shape index (κ2) is 12.0. The van der Waals surface area contributed by atoms with Gasteiger partial charge in [-0.15, -0.1) is 0 Å². The molecule has 0 aliphatic carbocycles. The highest BCUT2D eigenvalue weighted by Gasteiger charge is 2.43. The van der Waals surface area contributed by atoms with E-state index in [0.29, 0.717) is 21.2 Å². The van der Waals surface area contributed by atoms with Crippen LogP contribution < -0.4 is 0 Å². The van der Waals surface area contributed by atoms with Crippen LogP contribution in [0.4, 0.5) is 0 Å². The Morgan fingerprint density at radius 2 is 1.70 bits per heavy atom. The summed E-state index contributed by atoms with van der Waals surface area (Å²) in [5.74, 6) is -2.05. The molecule has 1 N–H and O–H groups in total. The largest absolute Gasteiger partial charge is 0.480 e. The van der Waals surface area contributed by atoms with E-state index in [9.17, 15) is 19.5 Å². The highest BCUT2D eigenvalue weighted by atomic mass is 35.5. The van der Waals surface area contributed by atoms with Crippen molar-refractivity contribution in [2.75, 3.05) is 13.2 Å². The Morgan fingerprint density at radius 1 is 0.946 bits per heavy atom. The van der Waals surface area contributed by atoms with Gasteiger partial charge in [0.1, 0.15) is 13.2 Å². The van der Waals surface area contributed by atoms with Gasteiger partial charge in [-0.2, -0.15) is 0 Å². The summed E-state index contributed by atoms with van der Waals surface area (Å²) in [4.78, 5) is 41.4. The number of halogens is 3. The lowest BCUT2D eigenvalue weighted by Gasteiger charge is -2.42. The molecule has 1 aliphatic rings. The summed E-state index contributed by atoms with van der Waals surface area (Å²) >= 11 is 18.3. The molecule has 0 saturated carbocycles. The van der Waals surface area contributed by atoms with Crippen molar-refractivity contribution < 1.29 is 24.2 Å². The Balaban J connectivity index is 1.69. The van der Waals surface area contributed by atoms with Crippen LogP contribution >= 0.6 is 34.8 Å². The molecule has 1 saturated heterocycles. The second-order valence-electron chi connectivity index (χ2n) is 8.58. The number of hydrogen-bond acceptors (Lipinski definition) is 4. The van der Waals surface area contributed by atoms with E-state index in [1.54, 1.807) is 65.6 Å². The number of ether oxygens (including phenoxy) is 1. The van der Waals surface area contributed by atoms with Crippen LogP contribution in [-0.4, -0.2) is 51.9 Å². The predicted octanol–water partition coefficient (Wildman–Crippen LogP) is 5.23. The molecule has 3 aromatic rings. The Labute approximate surface area is 229 Å². The first-order chi connectivity index (χ1) is 17.7. The molecule has 0 aromatic heterocycles. The molecule has 7 nitrogen and oxygen atoms in total. The number of rotatable bonds is 8. The van der Waals surface area contributed by atoms with E-state index in [0.717, 1.165) is 5.56 Å². The zero-order chi connectivity index (χ0) is 26.5. The molecule has 2 amide bonds. The molecule has 1 aliphatic heterocycles. The van der Waals surface area contributed by atoms with Gasteiger partial charge in [-0.1, -0.05) is 83.3 Å². The minimum Gasteiger partial charge on any atom is -0.480 e. The van der Waals surface area contributed by atoms with Crippen molar-refractivity contribution >= 4 is 52.6 Å². The summed E-state index contributed by atoms with van der Waals surface area (Å²) in [5.41, 5.74) is 2.07. The molecule has 192 valence electrons. The van der Waals surface area contributed by atoms with Gasteiger partial charge in [0.2, 0.25) is 5.91 Å². The van der Waals surface area contributed by atoms with Gasteiger partial charge in [-0.25, -0.2) is 0 Å². The number of carbonyl (C=O) groups excluding carboxylic acids is 2. The smallest absolute Gasteiger partial charge is 0.323 e. The standard InChI is InChI=1S/C27H23Cl3N2O5/c28-20-8-4-5-17(11-20)14-32-23(33)16-37-26(25(32)19-6-2-1-3-7-19)27(36)31(15-24(34)35)13-18-9-10-21(29)22(30)12-18/h1-12,25-26H,13-16H2,(H,34,35)/t25-,26+/m1/s1. The molecule has 0 radical (unpaired) electrons. The van der Waals surface area contributed by atoms with Crippen molar-refractivity contribution in [1.82, 2.24) is 9.80 Å². The Kier molecular flexibility index (Phi) is 8.71. The van der Waals surface area contributed by atoms with Crippen LogP contribution in [0.25, 0.3) is 0 Å². The van der Waals surface area contributed by atoms with Crippen LogP contribution in [0.5, 0.6) is 0 Å². The van der Waals surface area contributed by atoms with Gasteiger partial charge in [-0.3, -0.25) is 14.4 Å². The van der Waals surface area contributed by atoms with Crippen molar-refractivity contribution in [3.63, 3.8) is 0 Å². The van der Waals surface area contributed by atoms with Gasteiger partial charge < -0.3 is 19.6 Å². The molecule has 1 fully saturated rings. The first kappa shape index (κ1) is 26.9. The van der Waals surface area contributed by atoms with Gasteiger partial charge in [0.25, 0.3) is 5.91 Å². The summed E-state index contributed by atoms with van der Waals surface area (Å²) in [6.07, 6.45) is -1.14. The van der Waals surface area contributed by atoms with Gasteiger partial charge in [-0.05, 0) is 41.0 Å². The van der Waals surface area contributed by atoms with Gasteiger partial charge in [0.15, 0.2) is 6.10 Å².